The maximum atomic E-state index is 8.88. The minimum atomic E-state index is -0.0483. The normalized spacial score (nSPS) is 12.6. The highest BCUT2D eigenvalue weighted by atomic mass is 16.5. The summed E-state index contributed by atoms with van der Waals surface area (Å²) in [6, 6.07) is 7.70. The summed E-state index contributed by atoms with van der Waals surface area (Å²) in [5.41, 5.74) is 2.53. The molecule has 0 saturated heterocycles. The number of hydrogen-bond acceptors (Lipinski definition) is 3. The summed E-state index contributed by atoms with van der Waals surface area (Å²) >= 11 is 0. The zero-order valence-corrected chi connectivity index (χ0v) is 10.3. The van der Waals surface area contributed by atoms with E-state index in [2.05, 4.69) is 22.5 Å². The Morgan fingerprint density at radius 1 is 1.53 bits per heavy atom. The van der Waals surface area contributed by atoms with Crippen molar-refractivity contribution in [2.45, 2.75) is 26.5 Å². The number of ether oxygens (including phenoxy) is 1. The highest BCUT2D eigenvalue weighted by Gasteiger charge is 2.15. The van der Waals surface area contributed by atoms with E-state index in [1.807, 2.05) is 25.1 Å². The van der Waals surface area contributed by atoms with Crippen LogP contribution in [-0.4, -0.2) is 16.7 Å². The molecule has 0 aliphatic heterocycles. The second-order valence-electron chi connectivity index (χ2n) is 3.91. The molecule has 1 unspecified atom stereocenters. The number of imidazole rings is 1. The van der Waals surface area contributed by atoms with Gasteiger partial charge in [-0.25, -0.2) is 4.98 Å². The molecular weight excluding hydrogens is 214 g/mol. The zero-order chi connectivity index (χ0) is 12.4. The number of aryl methyl sites for hydroxylation is 1. The molecule has 4 heteroatoms. The predicted octanol–water partition coefficient (Wildman–Crippen LogP) is 2.64. The van der Waals surface area contributed by atoms with Crippen LogP contribution in [0.4, 0.5) is 0 Å². The molecule has 1 aromatic heterocycles. The van der Waals surface area contributed by atoms with Gasteiger partial charge in [0.25, 0.3) is 0 Å². The number of nitriles is 1. The lowest BCUT2D eigenvalue weighted by Gasteiger charge is -2.11. The largest absolute Gasteiger partial charge is 0.374 e. The molecule has 1 aromatic carbocycles. The Labute approximate surface area is 100 Å². The number of aromatic nitrogens is 2. The van der Waals surface area contributed by atoms with E-state index in [0.29, 0.717) is 5.56 Å². The lowest BCUT2D eigenvalue weighted by Crippen LogP contribution is -2.07. The van der Waals surface area contributed by atoms with Crippen LogP contribution in [0.1, 0.15) is 31.3 Å². The number of rotatable bonds is 3. The highest BCUT2D eigenvalue weighted by molar-refractivity contribution is 5.77. The summed E-state index contributed by atoms with van der Waals surface area (Å²) in [5.74, 6) is 0.903. The number of benzene rings is 1. The third-order valence-corrected chi connectivity index (χ3v) is 2.94. The van der Waals surface area contributed by atoms with Crippen molar-refractivity contribution in [2.75, 3.05) is 7.11 Å². The Morgan fingerprint density at radius 3 is 2.88 bits per heavy atom. The van der Waals surface area contributed by atoms with Gasteiger partial charge in [0, 0.05) is 13.7 Å². The van der Waals surface area contributed by atoms with E-state index >= 15 is 0 Å². The summed E-state index contributed by atoms with van der Waals surface area (Å²) in [6.45, 7) is 4.88. The molecule has 4 nitrogen and oxygen atoms in total. The van der Waals surface area contributed by atoms with E-state index in [-0.39, 0.29) is 6.10 Å². The van der Waals surface area contributed by atoms with E-state index in [1.54, 1.807) is 7.11 Å². The summed E-state index contributed by atoms with van der Waals surface area (Å²) in [7, 11) is 1.67. The van der Waals surface area contributed by atoms with Crippen LogP contribution in [-0.2, 0) is 11.3 Å². The maximum absolute atomic E-state index is 8.88. The molecule has 0 saturated carbocycles. The molecular formula is C13H15N3O. The first-order chi connectivity index (χ1) is 8.21. The van der Waals surface area contributed by atoms with E-state index < -0.39 is 0 Å². The molecule has 0 radical (unpaired) electrons. The van der Waals surface area contributed by atoms with Crippen LogP contribution < -0.4 is 0 Å². The minimum Gasteiger partial charge on any atom is -0.374 e. The average Bonchev–Trinajstić information content (AvgIpc) is 2.74. The van der Waals surface area contributed by atoms with Gasteiger partial charge in [0.15, 0.2) is 0 Å². The van der Waals surface area contributed by atoms with Crippen molar-refractivity contribution in [3.8, 4) is 6.07 Å². The Hall–Kier alpha value is -1.86. The van der Waals surface area contributed by atoms with E-state index in [9.17, 15) is 0 Å². The topological polar surface area (TPSA) is 50.8 Å². The number of nitrogens with zero attached hydrogens (tertiary/aromatic N) is 3. The second-order valence-corrected chi connectivity index (χ2v) is 3.91. The van der Waals surface area contributed by atoms with Crippen LogP contribution in [0.2, 0.25) is 0 Å². The monoisotopic (exact) mass is 229 g/mol. The van der Waals surface area contributed by atoms with Gasteiger partial charge < -0.3 is 9.30 Å². The van der Waals surface area contributed by atoms with Crippen molar-refractivity contribution < 1.29 is 4.74 Å². The van der Waals surface area contributed by atoms with E-state index in [1.165, 1.54) is 0 Å². The number of fused-ring (bicyclic) bond motifs is 1. The molecule has 0 N–H and O–H groups in total. The summed E-state index contributed by atoms with van der Waals surface area (Å²) in [6.07, 6.45) is -0.0483. The fourth-order valence-corrected chi connectivity index (χ4v) is 1.97. The third-order valence-electron chi connectivity index (χ3n) is 2.94. The Morgan fingerprint density at radius 2 is 2.29 bits per heavy atom. The molecule has 0 aliphatic rings. The molecule has 0 fully saturated rings. The summed E-state index contributed by atoms with van der Waals surface area (Å²) in [4.78, 5) is 4.55. The molecule has 0 aliphatic carbocycles. The van der Waals surface area contributed by atoms with Crippen LogP contribution in [0.15, 0.2) is 18.2 Å². The summed E-state index contributed by atoms with van der Waals surface area (Å²) in [5, 5.41) is 8.88. The van der Waals surface area contributed by atoms with Crippen molar-refractivity contribution in [1.82, 2.24) is 9.55 Å². The van der Waals surface area contributed by atoms with Crippen molar-refractivity contribution in [2.24, 2.45) is 0 Å². The van der Waals surface area contributed by atoms with Crippen LogP contribution in [0.25, 0.3) is 11.0 Å². The fraction of sp³-hybridized carbons (Fsp3) is 0.385. The van der Waals surface area contributed by atoms with Crippen LogP contribution in [0.3, 0.4) is 0 Å². The third kappa shape index (κ3) is 1.90. The SMILES string of the molecule is CCn1c(C(C)OC)nc2cc(C#N)ccc21. The fourth-order valence-electron chi connectivity index (χ4n) is 1.97. The maximum Gasteiger partial charge on any atom is 0.138 e. The molecule has 2 aromatic rings. The quantitative estimate of drug-likeness (QED) is 0.813. The molecule has 0 bridgehead atoms. The Balaban J connectivity index is 2.66. The molecule has 1 atom stereocenters. The Kier molecular flexibility index (Phi) is 3.12. The van der Waals surface area contributed by atoms with Crippen molar-refractivity contribution in [3.63, 3.8) is 0 Å². The van der Waals surface area contributed by atoms with Crippen LogP contribution in [0, 0.1) is 11.3 Å². The van der Waals surface area contributed by atoms with Crippen LogP contribution >= 0.6 is 0 Å². The smallest absolute Gasteiger partial charge is 0.138 e. The first-order valence-corrected chi connectivity index (χ1v) is 5.64. The van der Waals surface area contributed by atoms with Gasteiger partial charge in [0.05, 0.1) is 22.7 Å². The molecule has 1 heterocycles. The van der Waals surface area contributed by atoms with Gasteiger partial charge in [0.1, 0.15) is 11.9 Å². The highest BCUT2D eigenvalue weighted by Crippen LogP contribution is 2.23. The molecule has 0 amide bonds. The van der Waals surface area contributed by atoms with Gasteiger partial charge in [-0.05, 0) is 32.0 Å². The summed E-state index contributed by atoms with van der Waals surface area (Å²) < 4.78 is 7.43. The van der Waals surface area contributed by atoms with Crippen molar-refractivity contribution in [1.29, 1.82) is 5.26 Å². The Bertz CT molecular complexity index is 580. The lowest BCUT2D eigenvalue weighted by molar-refractivity contribution is 0.109. The number of methoxy groups -OCH3 is 1. The van der Waals surface area contributed by atoms with Gasteiger partial charge in [-0.15, -0.1) is 0 Å². The molecule has 2 rings (SSSR count). The van der Waals surface area contributed by atoms with Gasteiger partial charge in [-0.2, -0.15) is 5.26 Å². The predicted molar refractivity (Wildman–Crippen MR) is 65.5 cm³/mol. The number of hydrogen-bond donors (Lipinski definition) is 0. The van der Waals surface area contributed by atoms with Gasteiger partial charge in [-0.1, -0.05) is 0 Å². The first-order valence-electron chi connectivity index (χ1n) is 5.64. The minimum absolute atomic E-state index is 0.0483. The van der Waals surface area contributed by atoms with Crippen molar-refractivity contribution >= 4 is 11.0 Å². The lowest BCUT2D eigenvalue weighted by atomic mass is 10.2. The van der Waals surface area contributed by atoms with Gasteiger partial charge in [-0.3, -0.25) is 0 Å². The van der Waals surface area contributed by atoms with Crippen LogP contribution in [0.5, 0.6) is 0 Å². The molecule has 17 heavy (non-hydrogen) atoms. The second kappa shape index (κ2) is 4.56. The van der Waals surface area contributed by atoms with E-state index in [4.69, 9.17) is 10.00 Å². The first kappa shape index (κ1) is 11.6. The van der Waals surface area contributed by atoms with Gasteiger partial charge in [0.2, 0.25) is 0 Å². The standard InChI is InChI=1S/C13H15N3O/c1-4-16-12-6-5-10(8-14)7-11(12)15-13(16)9(2)17-3/h5-7,9H,4H2,1-3H3. The van der Waals surface area contributed by atoms with E-state index in [0.717, 1.165) is 23.4 Å². The average molecular weight is 229 g/mol. The van der Waals surface area contributed by atoms with Gasteiger partial charge >= 0.3 is 0 Å². The molecule has 0 spiro atoms. The van der Waals surface area contributed by atoms with Crippen molar-refractivity contribution in [3.05, 3.63) is 29.6 Å². The molecule has 88 valence electrons. The zero-order valence-electron chi connectivity index (χ0n) is 10.3.